The van der Waals surface area contributed by atoms with Crippen molar-refractivity contribution >= 4 is 15.9 Å². The quantitative estimate of drug-likeness (QED) is 0.886. The number of hydrogen-bond donors (Lipinski definition) is 1. The minimum atomic E-state index is 0.527. The maximum atomic E-state index is 4.01. The molecule has 2 unspecified atom stereocenters. The lowest BCUT2D eigenvalue weighted by atomic mass is 9.96. The van der Waals surface area contributed by atoms with Crippen LogP contribution in [0.15, 0.2) is 41.4 Å². The monoisotopic (exact) mass is 336 g/mol. The molecule has 3 heteroatoms. The van der Waals surface area contributed by atoms with Crippen LogP contribution in [0.1, 0.15) is 19.4 Å². The molecule has 2 atom stereocenters. The Kier molecular flexibility index (Phi) is 5.82. The number of nitrogens with one attached hydrogen (secondary N) is 1. The van der Waals surface area contributed by atoms with Gasteiger partial charge in [0.1, 0.15) is 0 Å². The van der Waals surface area contributed by atoms with Crippen LogP contribution in [-0.4, -0.2) is 36.6 Å². The molecule has 1 N–H and O–H groups in total. The standard InChI is InChI=1S/C17H25BrN2/c1-13(2)17-10-19-16(12-20(17)11-14(3)18)9-15-7-5-4-6-8-15/h4-8,13,16-17,19H,3,9-12H2,1-2H3. The molecule has 2 nitrogen and oxygen atoms in total. The van der Waals surface area contributed by atoms with Gasteiger partial charge in [-0.25, -0.2) is 0 Å². The van der Waals surface area contributed by atoms with Crippen molar-refractivity contribution in [1.29, 1.82) is 0 Å². The van der Waals surface area contributed by atoms with Crippen molar-refractivity contribution < 1.29 is 0 Å². The third-order valence-electron chi connectivity index (χ3n) is 4.01. The molecule has 2 rings (SSSR count). The number of piperazine rings is 1. The number of hydrogen-bond acceptors (Lipinski definition) is 2. The lowest BCUT2D eigenvalue weighted by molar-refractivity contribution is 0.111. The van der Waals surface area contributed by atoms with Gasteiger partial charge in [-0.3, -0.25) is 4.90 Å². The molecular weight excluding hydrogens is 312 g/mol. The number of benzene rings is 1. The summed E-state index contributed by atoms with van der Waals surface area (Å²) in [7, 11) is 0. The highest BCUT2D eigenvalue weighted by atomic mass is 79.9. The number of halogens is 1. The summed E-state index contributed by atoms with van der Waals surface area (Å²) in [5.41, 5.74) is 1.41. The Balaban J connectivity index is 1.99. The molecule has 1 aromatic carbocycles. The summed E-state index contributed by atoms with van der Waals surface area (Å²) in [4.78, 5) is 2.56. The first kappa shape index (κ1) is 15.7. The van der Waals surface area contributed by atoms with Crippen LogP contribution >= 0.6 is 15.9 Å². The van der Waals surface area contributed by atoms with Crippen molar-refractivity contribution in [3.8, 4) is 0 Å². The molecule has 110 valence electrons. The van der Waals surface area contributed by atoms with Crippen LogP contribution in [0.5, 0.6) is 0 Å². The summed E-state index contributed by atoms with van der Waals surface area (Å²) in [5, 5.41) is 3.72. The molecule has 1 aliphatic rings. The molecule has 1 aliphatic heterocycles. The second-order valence-corrected chi connectivity index (χ2v) is 7.17. The molecule has 20 heavy (non-hydrogen) atoms. The first-order chi connectivity index (χ1) is 9.56. The van der Waals surface area contributed by atoms with E-state index in [1.165, 1.54) is 5.56 Å². The second kappa shape index (κ2) is 7.39. The van der Waals surface area contributed by atoms with Gasteiger partial charge in [0.25, 0.3) is 0 Å². The molecule has 0 saturated carbocycles. The summed E-state index contributed by atoms with van der Waals surface area (Å²) in [6, 6.07) is 11.9. The van der Waals surface area contributed by atoms with Crippen molar-refractivity contribution in [3.63, 3.8) is 0 Å². The summed E-state index contributed by atoms with van der Waals surface area (Å²) < 4.78 is 1.07. The fourth-order valence-electron chi connectivity index (χ4n) is 2.99. The fourth-order valence-corrected chi connectivity index (χ4v) is 3.32. The van der Waals surface area contributed by atoms with Gasteiger partial charge in [0.15, 0.2) is 0 Å². The van der Waals surface area contributed by atoms with Crippen LogP contribution in [0.3, 0.4) is 0 Å². The lowest BCUT2D eigenvalue weighted by Gasteiger charge is -2.42. The van der Waals surface area contributed by atoms with E-state index in [9.17, 15) is 0 Å². The Morgan fingerprint density at radius 3 is 2.70 bits per heavy atom. The zero-order valence-electron chi connectivity index (χ0n) is 12.5. The molecule has 0 spiro atoms. The summed E-state index contributed by atoms with van der Waals surface area (Å²) >= 11 is 3.52. The van der Waals surface area contributed by atoms with E-state index in [4.69, 9.17) is 0 Å². The molecule has 0 amide bonds. The average Bonchev–Trinajstić information content (AvgIpc) is 2.39. The number of nitrogens with zero attached hydrogens (tertiary/aromatic N) is 1. The van der Waals surface area contributed by atoms with Crippen LogP contribution in [0.2, 0.25) is 0 Å². The average molecular weight is 337 g/mol. The molecule has 1 heterocycles. The third kappa shape index (κ3) is 4.44. The maximum absolute atomic E-state index is 4.01. The predicted octanol–water partition coefficient (Wildman–Crippen LogP) is 3.44. The van der Waals surface area contributed by atoms with Crippen molar-refractivity contribution in [2.45, 2.75) is 32.4 Å². The molecule has 1 aromatic rings. The van der Waals surface area contributed by atoms with E-state index in [2.05, 4.69) is 76.9 Å². The van der Waals surface area contributed by atoms with Gasteiger partial charge in [-0.2, -0.15) is 0 Å². The Bertz CT molecular complexity index is 430. The molecule has 0 radical (unpaired) electrons. The van der Waals surface area contributed by atoms with Crippen molar-refractivity contribution in [2.24, 2.45) is 5.92 Å². The number of rotatable bonds is 5. The van der Waals surface area contributed by atoms with Crippen LogP contribution in [0.25, 0.3) is 0 Å². The molecular formula is C17H25BrN2. The molecule has 1 saturated heterocycles. The summed E-state index contributed by atoms with van der Waals surface area (Å²) in [6.07, 6.45) is 1.09. The van der Waals surface area contributed by atoms with Crippen LogP contribution in [0, 0.1) is 5.92 Å². The van der Waals surface area contributed by atoms with E-state index in [0.29, 0.717) is 18.0 Å². The lowest BCUT2D eigenvalue weighted by Crippen LogP contribution is -2.58. The minimum absolute atomic E-state index is 0.527. The van der Waals surface area contributed by atoms with Crippen LogP contribution in [-0.2, 0) is 6.42 Å². The highest BCUT2D eigenvalue weighted by molar-refractivity contribution is 9.11. The Morgan fingerprint density at radius 2 is 2.10 bits per heavy atom. The SMILES string of the molecule is C=C(Br)CN1CC(Cc2ccccc2)NCC1C(C)C. The van der Waals surface area contributed by atoms with Crippen LogP contribution in [0.4, 0.5) is 0 Å². The largest absolute Gasteiger partial charge is 0.311 e. The highest BCUT2D eigenvalue weighted by Gasteiger charge is 2.29. The summed E-state index contributed by atoms with van der Waals surface area (Å²) in [6.45, 7) is 11.7. The zero-order valence-corrected chi connectivity index (χ0v) is 14.1. The molecule has 0 aromatic heterocycles. The van der Waals surface area contributed by atoms with Gasteiger partial charge in [0, 0.05) is 36.2 Å². The van der Waals surface area contributed by atoms with Gasteiger partial charge in [0.2, 0.25) is 0 Å². The fraction of sp³-hybridized carbons (Fsp3) is 0.529. The van der Waals surface area contributed by atoms with Gasteiger partial charge >= 0.3 is 0 Å². The van der Waals surface area contributed by atoms with E-state index < -0.39 is 0 Å². The van der Waals surface area contributed by atoms with Gasteiger partial charge < -0.3 is 5.32 Å². The van der Waals surface area contributed by atoms with Crippen LogP contribution < -0.4 is 5.32 Å². The van der Waals surface area contributed by atoms with E-state index in [1.54, 1.807) is 0 Å². The van der Waals surface area contributed by atoms with Crippen molar-refractivity contribution in [3.05, 3.63) is 47.0 Å². The molecule has 0 bridgehead atoms. The van der Waals surface area contributed by atoms with E-state index in [1.807, 2.05) is 0 Å². The van der Waals surface area contributed by atoms with Gasteiger partial charge in [-0.05, 0) is 17.9 Å². The molecule has 1 fully saturated rings. The smallest absolute Gasteiger partial charge is 0.0298 e. The zero-order chi connectivity index (χ0) is 14.5. The third-order valence-corrected chi connectivity index (χ3v) is 4.26. The summed E-state index contributed by atoms with van der Waals surface area (Å²) in [5.74, 6) is 0.659. The second-order valence-electron chi connectivity index (χ2n) is 6.05. The van der Waals surface area contributed by atoms with Crippen molar-refractivity contribution in [2.75, 3.05) is 19.6 Å². The Hall–Kier alpha value is -0.640. The normalized spacial score (nSPS) is 24.0. The van der Waals surface area contributed by atoms with Crippen molar-refractivity contribution in [1.82, 2.24) is 10.2 Å². The minimum Gasteiger partial charge on any atom is -0.311 e. The molecule has 0 aliphatic carbocycles. The Morgan fingerprint density at radius 1 is 1.40 bits per heavy atom. The topological polar surface area (TPSA) is 15.3 Å². The first-order valence-corrected chi connectivity index (χ1v) is 8.20. The van der Waals surface area contributed by atoms with E-state index in [0.717, 1.165) is 30.5 Å². The maximum Gasteiger partial charge on any atom is 0.0298 e. The van der Waals surface area contributed by atoms with Gasteiger partial charge in [0.05, 0.1) is 0 Å². The van der Waals surface area contributed by atoms with Gasteiger partial charge in [-0.15, -0.1) is 0 Å². The van der Waals surface area contributed by atoms with E-state index >= 15 is 0 Å². The first-order valence-electron chi connectivity index (χ1n) is 7.41. The van der Waals surface area contributed by atoms with E-state index in [-0.39, 0.29) is 0 Å². The van der Waals surface area contributed by atoms with Gasteiger partial charge in [-0.1, -0.05) is 66.7 Å². The Labute approximate surface area is 131 Å². The highest BCUT2D eigenvalue weighted by Crippen LogP contribution is 2.19. The predicted molar refractivity (Wildman–Crippen MR) is 90.2 cm³/mol.